The number of carbonyl (C=O) groups excluding carboxylic acids is 1. The number of carbonyl (C=O) groups is 1. The monoisotopic (exact) mass is 466 g/mol. The van der Waals surface area contributed by atoms with Gasteiger partial charge in [0, 0.05) is 36.0 Å². The Morgan fingerprint density at radius 2 is 1.85 bits per heavy atom. The number of hydrogen-bond acceptors (Lipinski definition) is 4. The zero-order valence-corrected chi connectivity index (χ0v) is 18.3. The molecule has 0 bridgehead atoms. The first-order valence-corrected chi connectivity index (χ1v) is 10.3. The molecule has 0 unspecified atom stereocenters. The number of nitrogens with two attached hydrogens (primary N) is 1. The molecule has 3 aromatic heterocycles. The average Bonchev–Trinajstić information content (AvgIpc) is 3.40. The summed E-state index contributed by atoms with van der Waals surface area (Å²) in [6.07, 6.45) is 3.36. The van der Waals surface area contributed by atoms with Crippen LogP contribution in [0, 0.1) is 11.6 Å². The maximum atomic E-state index is 13.9. The van der Waals surface area contributed by atoms with E-state index in [9.17, 15) is 13.6 Å². The van der Waals surface area contributed by atoms with Crippen LogP contribution in [0.3, 0.4) is 0 Å². The molecule has 3 heterocycles. The second-order valence-corrected chi connectivity index (χ2v) is 7.95. The number of methoxy groups -OCH3 is 1. The van der Waals surface area contributed by atoms with Gasteiger partial charge in [0.1, 0.15) is 28.6 Å². The van der Waals surface area contributed by atoms with Crippen molar-refractivity contribution < 1.29 is 18.3 Å². The van der Waals surface area contributed by atoms with E-state index in [-0.39, 0.29) is 11.3 Å². The molecule has 0 radical (unpaired) electrons. The zero-order chi connectivity index (χ0) is 23.4. The molecule has 0 fully saturated rings. The van der Waals surface area contributed by atoms with Gasteiger partial charge in [0.25, 0.3) is 0 Å². The largest absolute Gasteiger partial charge is 0.496 e. The first-order valence-electron chi connectivity index (χ1n) is 9.89. The van der Waals surface area contributed by atoms with Crippen LogP contribution in [0.25, 0.3) is 27.7 Å². The summed E-state index contributed by atoms with van der Waals surface area (Å²) < 4.78 is 37.0. The molecule has 5 rings (SSSR count). The highest BCUT2D eigenvalue weighted by Crippen LogP contribution is 2.43. The third kappa shape index (κ3) is 3.14. The minimum Gasteiger partial charge on any atom is -0.496 e. The van der Waals surface area contributed by atoms with Crippen LogP contribution in [-0.4, -0.2) is 26.8 Å². The molecule has 2 N–H and O–H groups in total. The van der Waals surface area contributed by atoms with Crippen LogP contribution in [0.1, 0.15) is 16.1 Å². The molecule has 166 valence electrons. The highest BCUT2D eigenvalue weighted by atomic mass is 35.5. The van der Waals surface area contributed by atoms with Crippen molar-refractivity contribution in [2.45, 2.75) is 0 Å². The van der Waals surface area contributed by atoms with Gasteiger partial charge in [-0.3, -0.25) is 4.79 Å². The smallest absolute Gasteiger partial charge is 0.209 e. The van der Waals surface area contributed by atoms with Crippen molar-refractivity contribution in [3.8, 4) is 16.9 Å². The van der Waals surface area contributed by atoms with Crippen molar-refractivity contribution in [1.82, 2.24) is 14.0 Å². The molecule has 0 saturated carbocycles. The lowest BCUT2D eigenvalue weighted by Gasteiger charge is -2.14. The number of anilines is 1. The van der Waals surface area contributed by atoms with E-state index in [0.29, 0.717) is 32.9 Å². The average molecular weight is 467 g/mol. The van der Waals surface area contributed by atoms with Crippen LogP contribution in [0.15, 0.2) is 55.0 Å². The first-order chi connectivity index (χ1) is 15.8. The summed E-state index contributed by atoms with van der Waals surface area (Å²) in [6, 6.07) is 10.6. The molecule has 0 aliphatic rings. The number of imidazole rings is 1. The fourth-order valence-corrected chi connectivity index (χ4v) is 4.35. The van der Waals surface area contributed by atoms with Crippen molar-refractivity contribution >= 4 is 39.6 Å². The van der Waals surface area contributed by atoms with Crippen molar-refractivity contribution in [2.24, 2.45) is 7.05 Å². The van der Waals surface area contributed by atoms with E-state index < -0.39 is 23.1 Å². The van der Waals surface area contributed by atoms with Crippen LogP contribution >= 0.6 is 11.6 Å². The third-order valence-electron chi connectivity index (χ3n) is 5.68. The van der Waals surface area contributed by atoms with Gasteiger partial charge in [-0.15, -0.1) is 0 Å². The third-order valence-corrected chi connectivity index (χ3v) is 6.05. The highest BCUT2D eigenvalue weighted by Gasteiger charge is 2.22. The first kappa shape index (κ1) is 21.0. The number of nitrogens with zero attached hydrogens (tertiary/aromatic N) is 3. The van der Waals surface area contributed by atoms with Gasteiger partial charge in [0.05, 0.1) is 35.2 Å². The quantitative estimate of drug-likeness (QED) is 0.290. The van der Waals surface area contributed by atoms with Crippen molar-refractivity contribution in [3.05, 3.63) is 82.9 Å². The minimum atomic E-state index is -0.986. The standard InChI is InChI=1S/C24H17ClF2N4O2/c1-30-11-29-23-18(30)10-19(33-2)20(21(23)25)13-4-3-7-31-16(13)5-6-17(31)24(32)12-8-14(26)22(28)15(27)9-12/h3-11H,28H2,1-2H3. The van der Waals surface area contributed by atoms with Gasteiger partial charge in [-0.1, -0.05) is 17.7 Å². The molecule has 6 nitrogen and oxygen atoms in total. The molecular formula is C24H17ClF2N4O2. The Morgan fingerprint density at radius 1 is 1.12 bits per heavy atom. The molecular weight excluding hydrogens is 450 g/mol. The number of nitrogen functional groups attached to an aromatic ring is 1. The number of benzene rings is 2. The molecule has 0 amide bonds. The molecule has 9 heteroatoms. The molecule has 0 saturated heterocycles. The number of halogens is 3. The van der Waals surface area contributed by atoms with Crippen LogP contribution in [-0.2, 0) is 7.05 Å². The molecule has 0 spiro atoms. The summed E-state index contributed by atoms with van der Waals surface area (Å²) in [5.41, 5.74) is 8.21. The van der Waals surface area contributed by atoms with E-state index in [1.807, 2.05) is 23.7 Å². The second-order valence-electron chi connectivity index (χ2n) is 7.57. The summed E-state index contributed by atoms with van der Waals surface area (Å²) in [4.78, 5) is 17.5. The Kier molecular flexibility index (Phi) is 4.83. The Hall–Kier alpha value is -3.91. The van der Waals surface area contributed by atoms with Gasteiger partial charge < -0.3 is 19.4 Å². The number of hydrogen-bond donors (Lipinski definition) is 1. The second kappa shape index (κ2) is 7.60. The number of rotatable bonds is 4. The predicted molar refractivity (Wildman–Crippen MR) is 123 cm³/mol. The number of fused-ring (bicyclic) bond motifs is 2. The maximum absolute atomic E-state index is 13.9. The zero-order valence-electron chi connectivity index (χ0n) is 17.6. The number of aryl methyl sites for hydroxylation is 1. The maximum Gasteiger partial charge on any atom is 0.209 e. The summed E-state index contributed by atoms with van der Waals surface area (Å²) in [6.45, 7) is 0. The van der Waals surface area contributed by atoms with E-state index in [2.05, 4.69) is 4.98 Å². The summed E-state index contributed by atoms with van der Waals surface area (Å²) in [5.74, 6) is -1.98. The summed E-state index contributed by atoms with van der Waals surface area (Å²) in [7, 11) is 3.41. The highest BCUT2D eigenvalue weighted by molar-refractivity contribution is 6.38. The lowest BCUT2D eigenvalue weighted by molar-refractivity contribution is 0.103. The molecule has 0 aliphatic heterocycles. The van der Waals surface area contributed by atoms with Crippen LogP contribution in [0.5, 0.6) is 5.75 Å². The van der Waals surface area contributed by atoms with Crippen LogP contribution in [0.4, 0.5) is 14.5 Å². The Balaban J connectivity index is 1.71. The van der Waals surface area contributed by atoms with Gasteiger partial charge in [0.2, 0.25) is 5.78 Å². The van der Waals surface area contributed by atoms with Gasteiger partial charge in [-0.05, 0) is 30.3 Å². The normalized spacial score (nSPS) is 11.4. The van der Waals surface area contributed by atoms with Crippen LogP contribution < -0.4 is 10.5 Å². The van der Waals surface area contributed by atoms with Crippen molar-refractivity contribution in [3.63, 3.8) is 0 Å². The molecule has 0 aliphatic carbocycles. The topological polar surface area (TPSA) is 74.5 Å². The molecule has 5 aromatic rings. The number of ketones is 1. The van der Waals surface area contributed by atoms with E-state index in [1.54, 1.807) is 42.2 Å². The van der Waals surface area contributed by atoms with Crippen molar-refractivity contribution in [1.29, 1.82) is 0 Å². The molecule has 33 heavy (non-hydrogen) atoms. The fraction of sp³-hybridized carbons (Fsp3) is 0.0833. The summed E-state index contributed by atoms with van der Waals surface area (Å²) >= 11 is 6.76. The van der Waals surface area contributed by atoms with Gasteiger partial charge in [0.15, 0.2) is 0 Å². The van der Waals surface area contributed by atoms with E-state index >= 15 is 0 Å². The SMILES string of the molecule is COc1cc2c(ncn2C)c(Cl)c1-c1cccn2c(C(=O)c3cc(F)c(N)c(F)c3)ccc12. The van der Waals surface area contributed by atoms with Gasteiger partial charge in [-0.25, -0.2) is 13.8 Å². The fourth-order valence-electron chi connectivity index (χ4n) is 4.01. The molecule has 0 atom stereocenters. The van der Waals surface area contributed by atoms with Gasteiger partial charge >= 0.3 is 0 Å². The summed E-state index contributed by atoms with van der Waals surface area (Å²) in [5, 5.41) is 0.412. The lowest BCUT2D eigenvalue weighted by atomic mass is 10.0. The van der Waals surface area contributed by atoms with E-state index in [0.717, 1.165) is 17.6 Å². The lowest BCUT2D eigenvalue weighted by Crippen LogP contribution is -2.08. The van der Waals surface area contributed by atoms with Gasteiger partial charge in [-0.2, -0.15) is 0 Å². The van der Waals surface area contributed by atoms with Crippen LogP contribution in [0.2, 0.25) is 5.02 Å². The predicted octanol–water partition coefficient (Wildman–Crippen LogP) is 5.25. The number of ether oxygens (including phenoxy) is 1. The number of aromatic nitrogens is 3. The van der Waals surface area contributed by atoms with Crippen molar-refractivity contribution in [2.75, 3.05) is 12.8 Å². The molecule has 2 aromatic carbocycles. The minimum absolute atomic E-state index is 0.143. The van der Waals surface area contributed by atoms with E-state index in [1.165, 1.54) is 0 Å². The Morgan fingerprint density at radius 3 is 2.55 bits per heavy atom. The Bertz CT molecular complexity index is 1570. The Labute approximate surface area is 191 Å². The van der Waals surface area contributed by atoms with E-state index in [4.69, 9.17) is 22.1 Å². The number of pyridine rings is 1.